The zero-order valence-electron chi connectivity index (χ0n) is 11.5. The molecular weight excluding hydrogens is 266 g/mol. The first-order chi connectivity index (χ1) is 9.63. The van der Waals surface area contributed by atoms with Crippen molar-refractivity contribution >= 4 is 0 Å². The lowest BCUT2D eigenvalue weighted by Gasteiger charge is -2.34. The summed E-state index contributed by atoms with van der Waals surface area (Å²) in [5, 5.41) is 12.8. The average molecular weight is 286 g/mol. The van der Waals surface area contributed by atoms with Gasteiger partial charge in [0.15, 0.2) is 11.5 Å². The monoisotopic (exact) mass is 286 g/mol. The molecule has 112 valence electrons. The summed E-state index contributed by atoms with van der Waals surface area (Å²) in [4.78, 5) is 1.77. The number of ether oxygens (including phenoxy) is 1. The van der Waals surface area contributed by atoms with Crippen LogP contribution in [0.15, 0.2) is 18.2 Å². The smallest absolute Gasteiger partial charge is 0.258 e. The van der Waals surface area contributed by atoms with E-state index in [0.29, 0.717) is 38.3 Å². The van der Waals surface area contributed by atoms with Gasteiger partial charge in [-0.25, -0.2) is 8.78 Å². The van der Waals surface area contributed by atoms with Crippen molar-refractivity contribution in [2.45, 2.75) is 19.4 Å². The number of alkyl halides is 2. The fourth-order valence-electron chi connectivity index (χ4n) is 2.46. The Morgan fingerprint density at radius 3 is 2.65 bits per heavy atom. The van der Waals surface area contributed by atoms with Crippen LogP contribution in [0.5, 0.6) is 11.5 Å². The molecule has 2 rings (SSSR count). The molecule has 0 aliphatic carbocycles. The molecule has 0 spiro atoms. The van der Waals surface area contributed by atoms with Crippen LogP contribution in [0.2, 0.25) is 0 Å². The van der Waals surface area contributed by atoms with E-state index in [1.54, 1.807) is 11.8 Å². The topological polar surface area (TPSA) is 44.7 Å². The van der Waals surface area contributed by atoms with E-state index >= 15 is 0 Å². The standard InChI is InChI=1S/C14H20F2N2O2/c1-2-20-12-9-10(3-4-11(12)19)13(14(15)16)18-7-5-17-6-8-18/h3-4,9,13-14,17,19H,2,5-8H2,1H3/t13-/m1/s1. The van der Waals surface area contributed by atoms with E-state index < -0.39 is 12.5 Å². The van der Waals surface area contributed by atoms with Gasteiger partial charge in [-0.15, -0.1) is 0 Å². The largest absolute Gasteiger partial charge is 0.504 e. The summed E-state index contributed by atoms with van der Waals surface area (Å²) in [5.74, 6) is 0.231. The van der Waals surface area contributed by atoms with Gasteiger partial charge >= 0.3 is 0 Å². The molecule has 0 amide bonds. The molecular formula is C14H20F2N2O2. The second-order valence-corrected chi connectivity index (χ2v) is 4.73. The van der Waals surface area contributed by atoms with Crippen LogP contribution in [0, 0.1) is 0 Å². The van der Waals surface area contributed by atoms with Gasteiger partial charge in [-0.2, -0.15) is 0 Å². The minimum Gasteiger partial charge on any atom is -0.504 e. The summed E-state index contributed by atoms with van der Waals surface area (Å²) in [6.45, 7) is 4.75. The zero-order valence-corrected chi connectivity index (χ0v) is 11.5. The normalized spacial score (nSPS) is 18.2. The zero-order chi connectivity index (χ0) is 14.5. The van der Waals surface area contributed by atoms with Crippen LogP contribution in [0.4, 0.5) is 8.78 Å². The first kappa shape index (κ1) is 15.0. The fourth-order valence-corrected chi connectivity index (χ4v) is 2.46. The Kier molecular flexibility index (Phi) is 5.14. The Morgan fingerprint density at radius 2 is 2.05 bits per heavy atom. The Morgan fingerprint density at radius 1 is 1.35 bits per heavy atom. The molecule has 0 bridgehead atoms. The lowest BCUT2D eigenvalue weighted by Crippen LogP contribution is -2.46. The number of nitrogens with one attached hydrogen (secondary N) is 1. The van der Waals surface area contributed by atoms with Crippen molar-refractivity contribution in [1.82, 2.24) is 10.2 Å². The number of halogens is 2. The molecule has 0 aromatic heterocycles. The van der Waals surface area contributed by atoms with E-state index in [0.717, 1.165) is 0 Å². The van der Waals surface area contributed by atoms with Crippen molar-refractivity contribution < 1.29 is 18.6 Å². The average Bonchev–Trinajstić information content (AvgIpc) is 2.44. The van der Waals surface area contributed by atoms with E-state index in [1.165, 1.54) is 18.2 Å². The summed E-state index contributed by atoms with van der Waals surface area (Å²) in [7, 11) is 0. The van der Waals surface area contributed by atoms with E-state index in [4.69, 9.17) is 4.74 Å². The first-order valence-corrected chi connectivity index (χ1v) is 6.82. The number of nitrogens with zero attached hydrogens (tertiary/aromatic N) is 1. The Labute approximate surface area is 117 Å². The van der Waals surface area contributed by atoms with E-state index in [-0.39, 0.29) is 11.5 Å². The van der Waals surface area contributed by atoms with Crippen molar-refractivity contribution in [3.05, 3.63) is 23.8 Å². The molecule has 6 heteroatoms. The number of benzene rings is 1. The van der Waals surface area contributed by atoms with Crippen LogP contribution in [0.25, 0.3) is 0 Å². The molecule has 0 saturated carbocycles. The van der Waals surface area contributed by atoms with Gasteiger partial charge in [-0.05, 0) is 24.6 Å². The number of phenolic OH excluding ortho intramolecular Hbond substituents is 1. The van der Waals surface area contributed by atoms with E-state index in [2.05, 4.69) is 5.32 Å². The third-order valence-electron chi connectivity index (χ3n) is 3.41. The van der Waals surface area contributed by atoms with E-state index in [1.807, 2.05) is 0 Å². The van der Waals surface area contributed by atoms with Gasteiger partial charge < -0.3 is 15.2 Å². The Hall–Kier alpha value is -1.40. The number of rotatable bonds is 5. The van der Waals surface area contributed by atoms with Crippen LogP contribution in [0.1, 0.15) is 18.5 Å². The number of piperazine rings is 1. The molecule has 1 saturated heterocycles. The summed E-state index contributed by atoms with van der Waals surface area (Å²) in [6.07, 6.45) is -2.48. The molecule has 1 aliphatic rings. The quantitative estimate of drug-likeness (QED) is 0.869. The maximum Gasteiger partial charge on any atom is 0.258 e. The van der Waals surface area contributed by atoms with Crippen LogP contribution in [-0.4, -0.2) is 49.2 Å². The molecule has 4 nitrogen and oxygen atoms in total. The van der Waals surface area contributed by atoms with Gasteiger partial charge in [-0.3, -0.25) is 4.90 Å². The SMILES string of the molecule is CCOc1cc([C@H](C(F)F)N2CCNCC2)ccc1O. The van der Waals surface area contributed by atoms with Gasteiger partial charge in [0.2, 0.25) is 0 Å². The summed E-state index contributed by atoms with van der Waals surface area (Å²) in [6, 6.07) is 3.50. The van der Waals surface area contributed by atoms with Crippen LogP contribution in [0.3, 0.4) is 0 Å². The van der Waals surface area contributed by atoms with Crippen LogP contribution in [-0.2, 0) is 0 Å². The van der Waals surface area contributed by atoms with E-state index in [9.17, 15) is 13.9 Å². The highest BCUT2D eigenvalue weighted by molar-refractivity contribution is 5.43. The summed E-state index contributed by atoms with van der Waals surface area (Å²) >= 11 is 0. The minimum atomic E-state index is -2.48. The third-order valence-corrected chi connectivity index (χ3v) is 3.41. The molecule has 20 heavy (non-hydrogen) atoms. The van der Waals surface area contributed by atoms with Gasteiger partial charge in [0, 0.05) is 26.2 Å². The first-order valence-electron chi connectivity index (χ1n) is 6.82. The Balaban J connectivity index is 2.26. The molecule has 2 N–H and O–H groups in total. The lowest BCUT2D eigenvalue weighted by atomic mass is 10.0. The number of hydrogen-bond acceptors (Lipinski definition) is 4. The maximum absolute atomic E-state index is 13.4. The number of hydrogen-bond donors (Lipinski definition) is 2. The molecule has 0 unspecified atom stereocenters. The van der Waals surface area contributed by atoms with Gasteiger partial charge in [-0.1, -0.05) is 6.07 Å². The van der Waals surface area contributed by atoms with Crippen molar-refractivity contribution in [3.63, 3.8) is 0 Å². The van der Waals surface area contributed by atoms with Crippen molar-refractivity contribution in [2.24, 2.45) is 0 Å². The van der Waals surface area contributed by atoms with Crippen LogP contribution < -0.4 is 10.1 Å². The van der Waals surface area contributed by atoms with Crippen molar-refractivity contribution in [3.8, 4) is 11.5 Å². The lowest BCUT2D eigenvalue weighted by molar-refractivity contribution is 0.0180. The molecule has 1 aliphatic heterocycles. The molecule has 1 fully saturated rings. The summed E-state index contributed by atoms with van der Waals surface area (Å²) < 4.78 is 32.1. The molecule has 1 aromatic rings. The van der Waals surface area contributed by atoms with Crippen molar-refractivity contribution in [2.75, 3.05) is 32.8 Å². The highest BCUT2D eigenvalue weighted by atomic mass is 19.3. The molecule has 0 radical (unpaired) electrons. The summed E-state index contributed by atoms with van der Waals surface area (Å²) in [5.41, 5.74) is 0.475. The van der Waals surface area contributed by atoms with Crippen molar-refractivity contribution in [1.29, 1.82) is 0 Å². The third kappa shape index (κ3) is 3.37. The number of phenols is 1. The van der Waals surface area contributed by atoms with Gasteiger partial charge in [0.25, 0.3) is 6.43 Å². The Bertz CT molecular complexity index is 437. The van der Waals surface area contributed by atoms with Gasteiger partial charge in [0.05, 0.1) is 12.6 Å². The minimum absolute atomic E-state index is 0.0241. The molecule has 1 heterocycles. The van der Waals surface area contributed by atoms with Gasteiger partial charge in [0.1, 0.15) is 0 Å². The predicted molar refractivity (Wildman–Crippen MR) is 72.5 cm³/mol. The fraction of sp³-hybridized carbons (Fsp3) is 0.571. The second kappa shape index (κ2) is 6.85. The predicted octanol–water partition coefficient (Wildman–Crippen LogP) is 2.00. The highest BCUT2D eigenvalue weighted by Crippen LogP contribution is 2.34. The second-order valence-electron chi connectivity index (χ2n) is 4.73. The maximum atomic E-state index is 13.4. The number of aromatic hydroxyl groups is 1. The molecule has 1 aromatic carbocycles. The van der Waals surface area contributed by atoms with Crippen LogP contribution >= 0.6 is 0 Å². The molecule has 1 atom stereocenters. The highest BCUT2D eigenvalue weighted by Gasteiger charge is 2.30.